The third kappa shape index (κ3) is 5.45. The van der Waals surface area contributed by atoms with Crippen LogP contribution in [0, 0.1) is 17.0 Å². The van der Waals surface area contributed by atoms with Crippen LogP contribution in [0.1, 0.15) is 11.3 Å². The van der Waals surface area contributed by atoms with Gasteiger partial charge in [0.25, 0.3) is 11.6 Å². The second-order valence-electron chi connectivity index (χ2n) is 6.17. The first-order chi connectivity index (χ1) is 13.9. The Bertz CT molecular complexity index is 1060. The Morgan fingerprint density at radius 3 is 2.76 bits per heavy atom. The maximum absolute atomic E-state index is 12.0. The second-order valence-corrected chi connectivity index (χ2v) is 7.03. The van der Waals surface area contributed by atoms with E-state index in [4.69, 9.17) is 4.74 Å². The first-order valence-electron chi connectivity index (χ1n) is 8.62. The number of ether oxygens (including phenoxy) is 1. The zero-order chi connectivity index (χ0) is 20.8. The maximum atomic E-state index is 12.0. The molecule has 0 bridgehead atoms. The summed E-state index contributed by atoms with van der Waals surface area (Å²) >= 11 is 1.42. The number of carbonyl (C=O) groups is 2. The van der Waals surface area contributed by atoms with E-state index in [0.29, 0.717) is 5.69 Å². The van der Waals surface area contributed by atoms with Gasteiger partial charge in [0.1, 0.15) is 10.7 Å². The number of aryl methyl sites for hydroxylation is 1. The smallest absolute Gasteiger partial charge is 0.312 e. The van der Waals surface area contributed by atoms with Crippen LogP contribution in [0.5, 0.6) is 0 Å². The van der Waals surface area contributed by atoms with E-state index in [-0.39, 0.29) is 17.8 Å². The summed E-state index contributed by atoms with van der Waals surface area (Å²) in [7, 11) is 0. The minimum atomic E-state index is -0.661. The van der Waals surface area contributed by atoms with Gasteiger partial charge in [0.2, 0.25) is 0 Å². The van der Waals surface area contributed by atoms with Crippen LogP contribution in [0.2, 0.25) is 0 Å². The predicted molar refractivity (Wildman–Crippen MR) is 109 cm³/mol. The van der Waals surface area contributed by atoms with Gasteiger partial charge in [-0.05, 0) is 19.1 Å². The van der Waals surface area contributed by atoms with E-state index in [1.165, 1.54) is 29.5 Å². The van der Waals surface area contributed by atoms with Crippen molar-refractivity contribution in [1.82, 2.24) is 4.98 Å². The third-order valence-electron chi connectivity index (χ3n) is 3.88. The average molecular weight is 411 g/mol. The molecule has 1 N–H and O–H groups in total. The highest BCUT2D eigenvalue weighted by molar-refractivity contribution is 7.13. The van der Waals surface area contributed by atoms with Crippen molar-refractivity contribution in [1.29, 1.82) is 0 Å². The molecule has 29 heavy (non-hydrogen) atoms. The van der Waals surface area contributed by atoms with Crippen molar-refractivity contribution in [3.63, 3.8) is 0 Å². The number of para-hydroxylation sites is 2. The molecule has 3 rings (SSSR count). The van der Waals surface area contributed by atoms with Crippen LogP contribution in [0.15, 0.2) is 53.9 Å². The lowest BCUT2D eigenvalue weighted by atomic mass is 10.1. The van der Waals surface area contributed by atoms with E-state index < -0.39 is 23.4 Å². The molecule has 0 aliphatic carbocycles. The zero-order valence-electron chi connectivity index (χ0n) is 15.5. The highest BCUT2D eigenvalue weighted by atomic mass is 32.1. The standard InChI is InChI=1S/C20H17N3O5S/c1-13-5-4-6-14(9-13)20-21-15(12-29-20)10-19(25)28-11-18(24)22-16-7-2-3-8-17(16)23(26)27/h2-9,12H,10-11H2,1H3,(H,22,24). The van der Waals surface area contributed by atoms with Crippen LogP contribution in [-0.2, 0) is 20.7 Å². The Morgan fingerprint density at radius 1 is 1.21 bits per heavy atom. The number of benzene rings is 2. The fraction of sp³-hybridized carbons (Fsp3) is 0.150. The predicted octanol–water partition coefficient (Wildman–Crippen LogP) is 3.75. The van der Waals surface area contributed by atoms with Crippen molar-refractivity contribution < 1.29 is 19.2 Å². The van der Waals surface area contributed by atoms with E-state index in [1.807, 2.05) is 31.2 Å². The minimum absolute atomic E-state index is 0.0425. The molecule has 1 aromatic heterocycles. The maximum Gasteiger partial charge on any atom is 0.312 e. The number of hydrogen-bond donors (Lipinski definition) is 1. The van der Waals surface area contributed by atoms with E-state index in [0.717, 1.165) is 16.1 Å². The number of nitro groups is 1. The summed E-state index contributed by atoms with van der Waals surface area (Å²) < 4.78 is 4.96. The first kappa shape index (κ1) is 20.2. The molecule has 0 spiro atoms. The number of esters is 1. The van der Waals surface area contributed by atoms with Gasteiger partial charge in [-0.15, -0.1) is 11.3 Å². The van der Waals surface area contributed by atoms with Gasteiger partial charge in [0.15, 0.2) is 6.61 Å². The Hall–Kier alpha value is -3.59. The lowest BCUT2D eigenvalue weighted by molar-refractivity contribution is -0.383. The van der Waals surface area contributed by atoms with Gasteiger partial charge in [0, 0.05) is 17.0 Å². The largest absolute Gasteiger partial charge is 0.455 e. The van der Waals surface area contributed by atoms with Crippen LogP contribution < -0.4 is 5.32 Å². The number of nitro benzene ring substituents is 1. The number of thiazole rings is 1. The molecular formula is C20H17N3O5S. The molecular weight excluding hydrogens is 394 g/mol. The number of carbonyl (C=O) groups excluding carboxylic acids is 2. The van der Waals surface area contributed by atoms with Gasteiger partial charge in [0.05, 0.1) is 17.0 Å². The van der Waals surface area contributed by atoms with Crippen LogP contribution in [0.25, 0.3) is 10.6 Å². The summed E-state index contributed by atoms with van der Waals surface area (Å²) in [6, 6.07) is 13.6. The Morgan fingerprint density at radius 2 is 2.00 bits per heavy atom. The summed E-state index contributed by atoms with van der Waals surface area (Å²) in [5.41, 5.74) is 2.44. The lowest BCUT2D eigenvalue weighted by Crippen LogP contribution is -2.22. The molecule has 3 aromatic rings. The van der Waals surface area contributed by atoms with E-state index in [9.17, 15) is 19.7 Å². The van der Waals surface area contributed by atoms with Crippen molar-refractivity contribution >= 4 is 34.6 Å². The van der Waals surface area contributed by atoms with Crippen LogP contribution in [-0.4, -0.2) is 28.4 Å². The van der Waals surface area contributed by atoms with Crippen LogP contribution in [0.3, 0.4) is 0 Å². The normalized spacial score (nSPS) is 10.4. The summed E-state index contributed by atoms with van der Waals surface area (Å²) in [4.78, 5) is 38.7. The number of aromatic nitrogens is 1. The van der Waals surface area contributed by atoms with E-state index in [2.05, 4.69) is 10.3 Å². The van der Waals surface area contributed by atoms with Crippen molar-refractivity contribution in [2.75, 3.05) is 11.9 Å². The van der Waals surface area contributed by atoms with Crippen LogP contribution >= 0.6 is 11.3 Å². The number of nitrogens with one attached hydrogen (secondary N) is 1. The molecule has 0 saturated heterocycles. The number of hydrogen-bond acceptors (Lipinski definition) is 7. The molecule has 0 atom stereocenters. The Kier molecular flexibility index (Phi) is 6.30. The molecule has 0 aliphatic rings. The molecule has 8 nitrogen and oxygen atoms in total. The average Bonchev–Trinajstić information content (AvgIpc) is 3.15. The number of nitrogens with zero attached hydrogens (tertiary/aromatic N) is 2. The minimum Gasteiger partial charge on any atom is -0.455 e. The van der Waals surface area contributed by atoms with Gasteiger partial charge in [-0.3, -0.25) is 19.7 Å². The summed E-state index contributed by atoms with van der Waals surface area (Å²) in [6.45, 7) is 1.45. The Labute approximate surface area is 170 Å². The topological polar surface area (TPSA) is 111 Å². The number of amides is 1. The molecule has 2 aromatic carbocycles. The summed E-state index contributed by atoms with van der Waals surface area (Å²) in [5.74, 6) is -1.27. The molecule has 9 heteroatoms. The summed E-state index contributed by atoms with van der Waals surface area (Å²) in [6.07, 6.45) is -0.0684. The van der Waals surface area contributed by atoms with Gasteiger partial charge in [-0.2, -0.15) is 0 Å². The van der Waals surface area contributed by atoms with Gasteiger partial charge in [-0.1, -0.05) is 35.9 Å². The van der Waals surface area contributed by atoms with Crippen molar-refractivity contribution in [2.24, 2.45) is 0 Å². The molecule has 0 radical (unpaired) electrons. The second kappa shape index (κ2) is 9.07. The molecule has 0 aliphatic heterocycles. The Balaban J connectivity index is 1.53. The molecule has 0 unspecified atom stereocenters. The fourth-order valence-corrected chi connectivity index (χ4v) is 3.39. The zero-order valence-corrected chi connectivity index (χ0v) is 16.3. The van der Waals surface area contributed by atoms with E-state index >= 15 is 0 Å². The highest BCUT2D eigenvalue weighted by Gasteiger charge is 2.16. The molecule has 148 valence electrons. The van der Waals surface area contributed by atoms with Gasteiger partial charge >= 0.3 is 5.97 Å². The molecule has 1 heterocycles. The van der Waals surface area contributed by atoms with Crippen molar-refractivity contribution in [2.45, 2.75) is 13.3 Å². The number of rotatable bonds is 7. The first-order valence-corrected chi connectivity index (χ1v) is 9.50. The van der Waals surface area contributed by atoms with Crippen molar-refractivity contribution in [3.05, 3.63) is 75.3 Å². The van der Waals surface area contributed by atoms with Gasteiger partial charge < -0.3 is 10.1 Å². The monoisotopic (exact) mass is 411 g/mol. The van der Waals surface area contributed by atoms with Crippen LogP contribution in [0.4, 0.5) is 11.4 Å². The van der Waals surface area contributed by atoms with E-state index in [1.54, 1.807) is 11.4 Å². The third-order valence-corrected chi connectivity index (χ3v) is 4.82. The van der Waals surface area contributed by atoms with Gasteiger partial charge in [-0.25, -0.2) is 4.98 Å². The summed E-state index contributed by atoms with van der Waals surface area (Å²) in [5, 5.41) is 15.9. The highest BCUT2D eigenvalue weighted by Crippen LogP contribution is 2.25. The molecule has 0 fully saturated rings. The molecule has 0 saturated carbocycles. The fourth-order valence-electron chi connectivity index (χ4n) is 2.57. The molecule has 1 amide bonds. The SMILES string of the molecule is Cc1cccc(-c2nc(CC(=O)OCC(=O)Nc3ccccc3[N+](=O)[O-])cs2)c1. The lowest BCUT2D eigenvalue weighted by Gasteiger charge is -2.06. The quantitative estimate of drug-likeness (QED) is 0.360. The number of anilines is 1. The van der Waals surface area contributed by atoms with Crippen molar-refractivity contribution in [3.8, 4) is 10.6 Å².